The van der Waals surface area contributed by atoms with Crippen LogP contribution in [0.1, 0.15) is 21.9 Å². The van der Waals surface area contributed by atoms with Gasteiger partial charge in [0.2, 0.25) is 0 Å². The van der Waals surface area contributed by atoms with Gasteiger partial charge >= 0.3 is 5.97 Å². The summed E-state index contributed by atoms with van der Waals surface area (Å²) in [6, 6.07) is 5.03. The molecule has 0 spiro atoms. The highest BCUT2D eigenvalue weighted by molar-refractivity contribution is 9.10. The van der Waals surface area contributed by atoms with Crippen molar-refractivity contribution in [2.75, 3.05) is 5.32 Å². The molecular formula is C13H10BrCl2NO3. The van der Waals surface area contributed by atoms with E-state index in [9.17, 15) is 4.79 Å². The standard InChI is InChI=1S/C13H10BrCl2NO3/c1-6-8(13(18)19)4-7(20-6)5-17-10-3-2-9(14)11(15)12(10)16/h2-4,17H,5H2,1H3,(H,18,19). The maximum Gasteiger partial charge on any atom is 0.339 e. The number of rotatable bonds is 4. The van der Waals surface area contributed by atoms with Crippen molar-refractivity contribution in [1.29, 1.82) is 0 Å². The third-order valence-corrected chi connectivity index (χ3v) is 4.46. The van der Waals surface area contributed by atoms with Gasteiger partial charge in [0.1, 0.15) is 17.1 Å². The highest BCUT2D eigenvalue weighted by atomic mass is 79.9. The van der Waals surface area contributed by atoms with E-state index < -0.39 is 5.97 Å². The Kier molecular flexibility index (Phi) is 4.62. The summed E-state index contributed by atoms with van der Waals surface area (Å²) < 4.78 is 6.07. The molecule has 0 radical (unpaired) electrons. The summed E-state index contributed by atoms with van der Waals surface area (Å²) in [4.78, 5) is 10.9. The predicted molar refractivity (Wildman–Crippen MR) is 81.9 cm³/mol. The first-order valence-electron chi connectivity index (χ1n) is 5.60. The van der Waals surface area contributed by atoms with Crippen LogP contribution in [0.3, 0.4) is 0 Å². The summed E-state index contributed by atoms with van der Waals surface area (Å²) in [5.74, 6) is -0.133. The van der Waals surface area contributed by atoms with E-state index in [1.165, 1.54) is 6.07 Å². The number of furan rings is 1. The molecule has 0 aliphatic rings. The molecule has 2 rings (SSSR count). The van der Waals surface area contributed by atoms with E-state index >= 15 is 0 Å². The second kappa shape index (κ2) is 6.08. The molecule has 0 bridgehead atoms. The van der Waals surface area contributed by atoms with Gasteiger partial charge in [-0.2, -0.15) is 0 Å². The summed E-state index contributed by atoms with van der Waals surface area (Å²) >= 11 is 15.4. The Bertz CT molecular complexity index is 670. The molecule has 2 aromatic rings. The molecule has 0 unspecified atom stereocenters. The van der Waals surface area contributed by atoms with Gasteiger partial charge in [-0.15, -0.1) is 0 Å². The number of carboxylic acids is 1. The molecule has 1 aromatic heterocycles. The van der Waals surface area contributed by atoms with Crippen LogP contribution in [0.15, 0.2) is 27.1 Å². The number of halogens is 3. The van der Waals surface area contributed by atoms with Gasteiger partial charge in [-0.1, -0.05) is 23.2 Å². The van der Waals surface area contributed by atoms with Crippen molar-refractivity contribution in [2.45, 2.75) is 13.5 Å². The molecule has 4 nitrogen and oxygen atoms in total. The number of carboxylic acid groups (broad SMARTS) is 1. The molecule has 0 saturated heterocycles. The lowest BCUT2D eigenvalue weighted by Gasteiger charge is -2.09. The first-order valence-corrected chi connectivity index (χ1v) is 7.15. The van der Waals surface area contributed by atoms with Crippen molar-refractivity contribution >= 4 is 50.8 Å². The highest BCUT2D eigenvalue weighted by Gasteiger charge is 2.14. The number of carbonyl (C=O) groups is 1. The monoisotopic (exact) mass is 377 g/mol. The van der Waals surface area contributed by atoms with Gasteiger partial charge in [-0.25, -0.2) is 4.79 Å². The zero-order valence-electron chi connectivity index (χ0n) is 10.3. The van der Waals surface area contributed by atoms with Crippen LogP contribution in [0.5, 0.6) is 0 Å². The van der Waals surface area contributed by atoms with E-state index in [4.69, 9.17) is 32.7 Å². The largest absolute Gasteiger partial charge is 0.478 e. The summed E-state index contributed by atoms with van der Waals surface area (Å²) in [7, 11) is 0. The van der Waals surface area contributed by atoms with Crippen molar-refractivity contribution in [3.05, 3.63) is 49.8 Å². The number of aryl methyl sites for hydroxylation is 1. The fourth-order valence-corrected chi connectivity index (χ4v) is 2.53. The molecule has 0 atom stereocenters. The first-order chi connectivity index (χ1) is 9.40. The molecule has 1 aromatic carbocycles. The first kappa shape index (κ1) is 15.2. The van der Waals surface area contributed by atoms with Crippen molar-refractivity contribution in [2.24, 2.45) is 0 Å². The van der Waals surface area contributed by atoms with Gasteiger partial charge in [-0.05, 0) is 41.1 Å². The number of anilines is 1. The van der Waals surface area contributed by atoms with Crippen molar-refractivity contribution < 1.29 is 14.3 Å². The van der Waals surface area contributed by atoms with Crippen LogP contribution in [-0.4, -0.2) is 11.1 Å². The van der Waals surface area contributed by atoms with E-state index in [1.807, 2.05) is 0 Å². The molecular weight excluding hydrogens is 369 g/mol. The Balaban J connectivity index is 2.15. The molecule has 0 aliphatic carbocycles. The second-order valence-electron chi connectivity index (χ2n) is 4.06. The van der Waals surface area contributed by atoms with Crippen LogP contribution in [-0.2, 0) is 6.54 Å². The van der Waals surface area contributed by atoms with E-state index in [0.29, 0.717) is 38.3 Å². The predicted octanol–water partition coefficient (Wildman–Crippen LogP) is 4.97. The average molecular weight is 379 g/mol. The molecule has 0 saturated carbocycles. The quantitative estimate of drug-likeness (QED) is 0.737. The third-order valence-electron chi connectivity index (χ3n) is 2.69. The highest BCUT2D eigenvalue weighted by Crippen LogP contribution is 2.36. The zero-order chi connectivity index (χ0) is 14.9. The van der Waals surface area contributed by atoms with Gasteiger partial charge in [-0.3, -0.25) is 0 Å². The summed E-state index contributed by atoms with van der Waals surface area (Å²) in [6.45, 7) is 1.92. The topological polar surface area (TPSA) is 62.5 Å². The van der Waals surface area contributed by atoms with Crippen molar-refractivity contribution in [1.82, 2.24) is 0 Å². The Hall–Kier alpha value is -1.17. The maximum absolute atomic E-state index is 10.9. The molecule has 2 N–H and O–H groups in total. The third kappa shape index (κ3) is 3.11. The minimum absolute atomic E-state index is 0.154. The molecule has 1 heterocycles. The SMILES string of the molecule is Cc1oc(CNc2ccc(Br)c(Cl)c2Cl)cc1C(=O)O. The Morgan fingerprint density at radius 3 is 2.70 bits per heavy atom. The van der Waals surface area contributed by atoms with E-state index in [-0.39, 0.29) is 5.56 Å². The van der Waals surface area contributed by atoms with E-state index in [2.05, 4.69) is 21.2 Å². The summed E-state index contributed by atoms with van der Waals surface area (Å²) in [5, 5.41) is 12.8. The van der Waals surface area contributed by atoms with Crippen LogP contribution in [0.4, 0.5) is 5.69 Å². The lowest BCUT2D eigenvalue weighted by molar-refractivity contribution is 0.0695. The number of hydrogen-bond acceptors (Lipinski definition) is 3. The van der Waals surface area contributed by atoms with Gasteiger partial charge in [0.15, 0.2) is 0 Å². The number of nitrogens with one attached hydrogen (secondary N) is 1. The van der Waals surface area contributed by atoms with Crippen LogP contribution >= 0.6 is 39.1 Å². The lowest BCUT2D eigenvalue weighted by atomic mass is 10.2. The fraction of sp³-hybridized carbons (Fsp3) is 0.154. The van der Waals surface area contributed by atoms with Crippen LogP contribution in [0.2, 0.25) is 10.0 Å². The minimum Gasteiger partial charge on any atom is -0.478 e. The van der Waals surface area contributed by atoms with E-state index in [0.717, 1.165) is 0 Å². The summed E-state index contributed by atoms with van der Waals surface area (Å²) in [5.41, 5.74) is 0.799. The molecule has 7 heteroatoms. The number of hydrogen-bond donors (Lipinski definition) is 2. The second-order valence-corrected chi connectivity index (χ2v) is 5.67. The minimum atomic E-state index is -1.01. The van der Waals surface area contributed by atoms with Crippen LogP contribution in [0.25, 0.3) is 0 Å². The Labute approximate surface area is 133 Å². The Morgan fingerprint density at radius 2 is 2.10 bits per heavy atom. The maximum atomic E-state index is 10.9. The molecule has 0 amide bonds. The summed E-state index contributed by atoms with van der Waals surface area (Å²) in [6.07, 6.45) is 0. The molecule has 0 fully saturated rings. The Morgan fingerprint density at radius 1 is 1.40 bits per heavy atom. The zero-order valence-corrected chi connectivity index (χ0v) is 13.4. The van der Waals surface area contributed by atoms with Crippen LogP contribution in [0, 0.1) is 6.92 Å². The van der Waals surface area contributed by atoms with Crippen LogP contribution < -0.4 is 5.32 Å². The normalized spacial score (nSPS) is 10.6. The van der Waals surface area contributed by atoms with Crippen molar-refractivity contribution in [3.8, 4) is 0 Å². The van der Waals surface area contributed by atoms with E-state index in [1.54, 1.807) is 19.1 Å². The molecule has 106 valence electrons. The van der Waals surface area contributed by atoms with Gasteiger partial charge < -0.3 is 14.8 Å². The average Bonchev–Trinajstić information content (AvgIpc) is 2.77. The smallest absolute Gasteiger partial charge is 0.339 e. The lowest BCUT2D eigenvalue weighted by Crippen LogP contribution is -1.99. The molecule has 20 heavy (non-hydrogen) atoms. The van der Waals surface area contributed by atoms with Gasteiger partial charge in [0.25, 0.3) is 0 Å². The van der Waals surface area contributed by atoms with Gasteiger partial charge in [0, 0.05) is 4.47 Å². The number of aromatic carboxylic acids is 1. The fourth-order valence-electron chi connectivity index (χ4n) is 1.69. The van der Waals surface area contributed by atoms with Crippen molar-refractivity contribution in [3.63, 3.8) is 0 Å². The molecule has 0 aliphatic heterocycles. The van der Waals surface area contributed by atoms with Gasteiger partial charge in [0.05, 0.1) is 22.3 Å². The number of benzene rings is 1.